The standard InChI is InChI=1S/C9H12N4O/c1-7(9-12-11-6-14-9)5-13-4-3-10-8(13)2/h3-4,6-7H,5H2,1-2H3. The van der Waals surface area contributed by atoms with Crippen LogP contribution in [0.2, 0.25) is 0 Å². The van der Waals surface area contributed by atoms with Gasteiger partial charge in [0.15, 0.2) is 0 Å². The van der Waals surface area contributed by atoms with Crippen LogP contribution in [-0.2, 0) is 6.54 Å². The lowest BCUT2D eigenvalue weighted by molar-refractivity contribution is 0.427. The highest BCUT2D eigenvalue weighted by molar-refractivity contribution is 4.93. The molecule has 74 valence electrons. The molecular formula is C9H12N4O. The fourth-order valence-electron chi connectivity index (χ4n) is 1.37. The molecule has 0 saturated heterocycles. The van der Waals surface area contributed by atoms with Crippen LogP contribution in [0.5, 0.6) is 0 Å². The molecule has 0 radical (unpaired) electrons. The van der Waals surface area contributed by atoms with Crippen molar-refractivity contribution in [3.63, 3.8) is 0 Å². The summed E-state index contributed by atoms with van der Waals surface area (Å²) in [7, 11) is 0. The van der Waals surface area contributed by atoms with Gasteiger partial charge in [0.05, 0.1) is 5.92 Å². The Balaban J connectivity index is 2.09. The molecule has 0 bridgehead atoms. The third-order valence-electron chi connectivity index (χ3n) is 2.19. The van der Waals surface area contributed by atoms with Gasteiger partial charge in [0, 0.05) is 18.9 Å². The van der Waals surface area contributed by atoms with Crippen molar-refractivity contribution >= 4 is 0 Å². The van der Waals surface area contributed by atoms with Crippen LogP contribution in [0.15, 0.2) is 23.2 Å². The van der Waals surface area contributed by atoms with E-state index >= 15 is 0 Å². The number of aryl methyl sites for hydroxylation is 1. The first kappa shape index (κ1) is 8.93. The van der Waals surface area contributed by atoms with E-state index in [4.69, 9.17) is 4.42 Å². The van der Waals surface area contributed by atoms with Crippen molar-refractivity contribution in [3.05, 3.63) is 30.5 Å². The quantitative estimate of drug-likeness (QED) is 0.737. The molecule has 2 heterocycles. The molecule has 1 atom stereocenters. The van der Waals surface area contributed by atoms with Gasteiger partial charge in [-0.15, -0.1) is 10.2 Å². The molecule has 0 fully saturated rings. The molecule has 0 aliphatic heterocycles. The Hall–Kier alpha value is -1.65. The van der Waals surface area contributed by atoms with Gasteiger partial charge in [0.1, 0.15) is 5.82 Å². The zero-order valence-corrected chi connectivity index (χ0v) is 8.21. The third-order valence-corrected chi connectivity index (χ3v) is 2.19. The van der Waals surface area contributed by atoms with Crippen molar-refractivity contribution in [2.24, 2.45) is 0 Å². The van der Waals surface area contributed by atoms with Crippen molar-refractivity contribution in [2.75, 3.05) is 0 Å². The van der Waals surface area contributed by atoms with Gasteiger partial charge in [0.25, 0.3) is 0 Å². The molecule has 2 aromatic heterocycles. The number of aromatic nitrogens is 4. The molecule has 14 heavy (non-hydrogen) atoms. The molecule has 0 aliphatic rings. The van der Waals surface area contributed by atoms with Crippen molar-refractivity contribution in [1.82, 2.24) is 19.7 Å². The van der Waals surface area contributed by atoms with Crippen LogP contribution in [0.3, 0.4) is 0 Å². The maximum atomic E-state index is 5.13. The number of imidazole rings is 1. The number of hydrogen-bond acceptors (Lipinski definition) is 4. The highest BCUT2D eigenvalue weighted by Gasteiger charge is 2.12. The number of rotatable bonds is 3. The highest BCUT2D eigenvalue weighted by Crippen LogP contribution is 2.14. The van der Waals surface area contributed by atoms with Crippen LogP contribution < -0.4 is 0 Å². The van der Waals surface area contributed by atoms with E-state index in [-0.39, 0.29) is 5.92 Å². The largest absolute Gasteiger partial charge is 0.428 e. The average molecular weight is 192 g/mol. The summed E-state index contributed by atoms with van der Waals surface area (Å²) in [6, 6.07) is 0. The summed E-state index contributed by atoms with van der Waals surface area (Å²) in [5.41, 5.74) is 0. The van der Waals surface area contributed by atoms with E-state index in [2.05, 4.69) is 19.7 Å². The second kappa shape index (κ2) is 3.61. The van der Waals surface area contributed by atoms with Crippen LogP contribution in [0.25, 0.3) is 0 Å². The molecule has 0 aliphatic carbocycles. The second-order valence-electron chi connectivity index (χ2n) is 3.30. The summed E-state index contributed by atoms with van der Waals surface area (Å²) < 4.78 is 7.19. The predicted octanol–water partition coefficient (Wildman–Crippen LogP) is 1.38. The second-order valence-corrected chi connectivity index (χ2v) is 3.30. The van der Waals surface area contributed by atoms with E-state index in [0.29, 0.717) is 5.89 Å². The van der Waals surface area contributed by atoms with Crippen LogP contribution in [-0.4, -0.2) is 19.7 Å². The minimum Gasteiger partial charge on any atom is -0.428 e. The molecule has 0 N–H and O–H groups in total. The van der Waals surface area contributed by atoms with Crippen molar-refractivity contribution < 1.29 is 4.42 Å². The first-order chi connectivity index (χ1) is 6.77. The fraction of sp³-hybridized carbons (Fsp3) is 0.444. The van der Waals surface area contributed by atoms with Crippen molar-refractivity contribution in [2.45, 2.75) is 26.3 Å². The maximum Gasteiger partial charge on any atom is 0.220 e. The topological polar surface area (TPSA) is 56.7 Å². The van der Waals surface area contributed by atoms with Gasteiger partial charge in [-0.3, -0.25) is 0 Å². The molecule has 5 heteroatoms. The summed E-state index contributed by atoms with van der Waals surface area (Å²) in [5.74, 6) is 1.87. The van der Waals surface area contributed by atoms with E-state index in [1.807, 2.05) is 20.0 Å². The minimum absolute atomic E-state index is 0.213. The van der Waals surface area contributed by atoms with E-state index in [1.165, 1.54) is 6.39 Å². The van der Waals surface area contributed by atoms with Gasteiger partial charge in [-0.05, 0) is 6.92 Å². The van der Waals surface area contributed by atoms with Gasteiger partial charge >= 0.3 is 0 Å². The smallest absolute Gasteiger partial charge is 0.220 e. The lowest BCUT2D eigenvalue weighted by Crippen LogP contribution is -2.07. The van der Waals surface area contributed by atoms with Crippen LogP contribution in [0, 0.1) is 6.92 Å². The zero-order chi connectivity index (χ0) is 9.97. The minimum atomic E-state index is 0.213. The van der Waals surface area contributed by atoms with Gasteiger partial charge < -0.3 is 8.98 Å². The van der Waals surface area contributed by atoms with Crippen molar-refractivity contribution in [1.29, 1.82) is 0 Å². The fourth-order valence-corrected chi connectivity index (χ4v) is 1.37. The lowest BCUT2D eigenvalue weighted by atomic mass is 10.2. The van der Waals surface area contributed by atoms with E-state index in [1.54, 1.807) is 6.20 Å². The third kappa shape index (κ3) is 1.66. The molecule has 1 unspecified atom stereocenters. The summed E-state index contributed by atoms with van der Waals surface area (Å²) in [6.45, 7) is 4.83. The normalized spacial score (nSPS) is 13.0. The van der Waals surface area contributed by atoms with Gasteiger partial charge in [-0.1, -0.05) is 6.92 Å². The van der Waals surface area contributed by atoms with Crippen LogP contribution >= 0.6 is 0 Å². The van der Waals surface area contributed by atoms with E-state index in [0.717, 1.165) is 12.4 Å². The number of nitrogens with zero attached hydrogens (tertiary/aromatic N) is 4. The molecule has 0 spiro atoms. The van der Waals surface area contributed by atoms with Gasteiger partial charge in [0.2, 0.25) is 12.3 Å². The monoisotopic (exact) mass is 192 g/mol. The average Bonchev–Trinajstić information content (AvgIpc) is 2.77. The Bertz CT molecular complexity index is 393. The molecule has 0 saturated carbocycles. The number of hydrogen-bond donors (Lipinski definition) is 0. The molecule has 5 nitrogen and oxygen atoms in total. The summed E-state index contributed by atoms with van der Waals surface area (Å²) >= 11 is 0. The molecule has 2 aromatic rings. The van der Waals surface area contributed by atoms with Crippen LogP contribution in [0.4, 0.5) is 0 Å². The van der Waals surface area contributed by atoms with Crippen molar-refractivity contribution in [3.8, 4) is 0 Å². The summed E-state index contributed by atoms with van der Waals surface area (Å²) in [5, 5.41) is 7.53. The summed E-state index contributed by atoms with van der Waals surface area (Å²) in [6.07, 6.45) is 5.09. The van der Waals surface area contributed by atoms with Crippen LogP contribution in [0.1, 0.15) is 24.6 Å². The Morgan fingerprint density at radius 2 is 2.43 bits per heavy atom. The molecule has 0 amide bonds. The molecular weight excluding hydrogens is 180 g/mol. The Morgan fingerprint density at radius 1 is 1.57 bits per heavy atom. The maximum absolute atomic E-state index is 5.13. The lowest BCUT2D eigenvalue weighted by Gasteiger charge is -2.08. The first-order valence-corrected chi connectivity index (χ1v) is 4.51. The predicted molar refractivity (Wildman–Crippen MR) is 49.7 cm³/mol. The van der Waals surface area contributed by atoms with Gasteiger partial charge in [-0.25, -0.2) is 4.98 Å². The zero-order valence-electron chi connectivity index (χ0n) is 8.21. The Kier molecular flexibility index (Phi) is 2.30. The first-order valence-electron chi connectivity index (χ1n) is 4.51. The molecule has 2 rings (SSSR count). The highest BCUT2D eigenvalue weighted by atomic mass is 16.4. The Morgan fingerprint density at radius 3 is 3.00 bits per heavy atom. The SMILES string of the molecule is Cc1nccn1CC(C)c1nnco1. The van der Waals surface area contributed by atoms with E-state index in [9.17, 15) is 0 Å². The summed E-state index contributed by atoms with van der Waals surface area (Å²) in [4.78, 5) is 4.15. The Labute approximate surface area is 81.8 Å². The van der Waals surface area contributed by atoms with Gasteiger partial charge in [-0.2, -0.15) is 0 Å². The van der Waals surface area contributed by atoms with E-state index < -0.39 is 0 Å². The molecule has 0 aromatic carbocycles.